The predicted octanol–water partition coefficient (Wildman–Crippen LogP) is 4.25. The van der Waals surface area contributed by atoms with Crippen LogP contribution in [0.5, 0.6) is 0 Å². The zero-order valence-electron chi connectivity index (χ0n) is 17.9. The molecule has 1 fully saturated rings. The molecule has 2 aromatic carbocycles. The minimum atomic E-state index is -0.569. The van der Waals surface area contributed by atoms with Crippen molar-refractivity contribution in [2.24, 2.45) is 0 Å². The molecule has 1 heterocycles. The summed E-state index contributed by atoms with van der Waals surface area (Å²) in [7, 11) is 0. The molecule has 0 aliphatic heterocycles. The Kier molecular flexibility index (Phi) is 6.18. The van der Waals surface area contributed by atoms with Gasteiger partial charge in [0.2, 0.25) is 0 Å². The predicted molar refractivity (Wildman–Crippen MR) is 118 cm³/mol. The molecule has 0 bridgehead atoms. The molecule has 1 amide bonds. The van der Waals surface area contributed by atoms with Crippen LogP contribution in [0, 0.1) is 19.7 Å². The average Bonchev–Trinajstić information content (AvgIpc) is 3.31. The van der Waals surface area contributed by atoms with E-state index in [2.05, 4.69) is 10.4 Å². The molecule has 31 heavy (non-hydrogen) atoms. The van der Waals surface area contributed by atoms with Gasteiger partial charge in [-0.1, -0.05) is 25.0 Å². The largest absolute Gasteiger partial charge is 0.391 e. The first-order valence-electron chi connectivity index (χ1n) is 10.8. The first-order valence-corrected chi connectivity index (χ1v) is 10.8. The molecule has 2 atom stereocenters. The Balaban J connectivity index is 1.56. The molecule has 1 aliphatic carbocycles. The number of aliphatic hydroxyl groups excluding tert-OH is 1. The highest BCUT2D eigenvalue weighted by Gasteiger charge is 2.26. The molecule has 0 saturated heterocycles. The number of nitrogens with zero attached hydrogens (tertiary/aromatic N) is 2. The topological polar surface area (TPSA) is 67.2 Å². The number of carbonyl (C=O) groups excluding carboxylic acids is 1. The van der Waals surface area contributed by atoms with Crippen molar-refractivity contribution in [1.82, 2.24) is 15.1 Å². The van der Waals surface area contributed by atoms with Crippen molar-refractivity contribution < 1.29 is 14.3 Å². The van der Waals surface area contributed by atoms with Crippen LogP contribution in [0.1, 0.15) is 58.3 Å². The molecular formula is C25H28FN3O2. The highest BCUT2D eigenvalue weighted by atomic mass is 19.1. The number of aromatic nitrogens is 2. The number of benzene rings is 2. The van der Waals surface area contributed by atoms with Gasteiger partial charge in [0.25, 0.3) is 5.91 Å². The lowest BCUT2D eigenvalue weighted by atomic mass is 9.91. The van der Waals surface area contributed by atoms with Crippen LogP contribution in [0.15, 0.2) is 48.8 Å². The van der Waals surface area contributed by atoms with Gasteiger partial charge in [-0.25, -0.2) is 9.07 Å². The van der Waals surface area contributed by atoms with E-state index >= 15 is 0 Å². The Morgan fingerprint density at radius 2 is 1.94 bits per heavy atom. The number of amides is 1. The first-order chi connectivity index (χ1) is 14.9. The van der Waals surface area contributed by atoms with Crippen molar-refractivity contribution in [3.05, 3.63) is 82.4 Å². The number of hydrogen-bond acceptors (Lipinski definition) is 3. The van der Waals surface area contributed by atoms with E-state index < -0.39 is 17.8 Å². The Bertz CT molecular complexity index is 1060. The lowest BCUT2D eigenvalue weighted by Gasteiger charge is -2.28. The zero-order valence-corrected chi connectivity index (χ0v) is 17.9. The summed E-state index contributed by atoms with van der Waals surface area (Å²) < 4.78 is 16.8. The number of hydrogen-bond donors (Lipinski definition) is 2. The standard InChI is InChI=1S/C25H28FN3O2/c1-16-17(2)24(26)21(25(31)28-22-6-3-4-7-23(22)30)15-19(16)14-18-8-10-20(11-9-18)29-13-5-12-27-29/h5,8-13,15,22-23,30H,3-4,6-7,14H2,1-2H3,(H,28,31)/t22-,23-/m0/s1. The summed E-state index contributed by atoms with van der Waals surface area (Å²) in [5, 5.41) is 17.2. The summed E-state index contributed by atoms with van der Waals surface area (Å²) in [6.45, 7) is 3.60. The van der Waals surface area contributed by atoms with Gasteiger partial charge in [0, 0.05) is 12.4 Å². The Hall–Kier alpha value is -2.99. The van der Waals surface area contributed by atoms with E-state index in [9.17, 15) is 14.3 Å². The van der Waals surface area contributed by atoms with Crippen LogP contribution in [0.2, 0.25) is 0 Å². The van der Waals surface area contributed by atoms with Crippen LogP contribution >= 0.6 is 0 Å². The quantitative estimate of drug-likeness (QED) is 0.647. The van der Waals surface area contributed by atoms with Crippen LogP contribution in [-0.2, 0) is 6.42 Å². The third-order valence-corrected chi connectivity index (χ3v) is 6.32. The lowest BCUT2D eigenvalue weighted by Crippen LogP contribution is -2.45. The minimum absolute atomic E-state index is 0.0454. The summed E-state index contributed by atoms with van der Waals surface area (Å²) >= 11 is 0. The molecule has 1 aliphatic rings. The first kappa shape index (κ1) is 21.2. The van der Waals surface area contributed by atoms with Gasteiger partial charge >= 0.3 is 0 Å². The number of carbonyl (C=O) groups is 1. The van der Waals surface area contributed by atoms with E-state index in [1.165, 1.54) is 0 Å². The summed E-state index contributed by atoms with van der Waals surface area (Å²) in [6.07, 6.45) is 6.94. The van der Waals surface area contributed by atoms with E-state index in [1.54, 1.807) is 23.9 Å². The molecule has 0 unspecified atom stereocenters. The molecule has 5 nitrogen and oxygen atoms in total. The van der Waals surface area contributed by atoms with Crippen molar-refractivity contribution in [2.45, 2.75) is 58.1 Å². The fourth-order valence-corrected chi connectivity index (χ4v) is 4.24. The molecule has 0 radical (unpaired) electrons. The van der Waals surface area contributed by atoms with Crippen molar-refractivity contribution in [2.75, 3.05) is 0 Å². The number of aliphatic hydroxyl groups is 1. The van der Waals surface area contributed by atoms with Gasteiger partial charge in [-0.05, 0) is 79.6 Å². The Morgan fingerprint density at radius 3 is 2.61 bits per heavy atom. The van der Waals surface area contributed by atoms with Gasteiger partial charge < -0.3 is 10.4 Å². The normalized spacial score (nSPS) is 18.7. The lowest BCUT2D eigenvalue weighted by molar-refractivity contribution is 0.0714. The van der Waals surface area contributed by atoms with Crippen molar-refractivity contribution in [3.8, 4) is 5.69 Å². The maximum atomic E-state index is 15.0. The molecule has 2 N–H and O–H groups in total. The molecule has 3 aromatic rings. The van der Waals surface area contributed by atoms with Gasteiger partial charge in [0.15, 0.2) is 0 Å². The smallest absolute Gasteiger partial charge is 0.254 e. The van der Waals surface area contributed by atoms with Gasteiger partial charge in [-0.3, -0.25) is 4.79 Å². The average molecular weight is 422 g/mol. The van der Waals surface area contributed by atoms with Crippen LogP contribution in [-0.4, -0.2) is 32.9 Å². The molecule has 6 heteroatoms. The van der Waals surface area contributed by atoms with E-state index in [-0.39, 0.29) is 11.6 Å². The SMILES string of the molecule is Cc1c(Cc2ccc(-n3cccn3)cc2)cc(C(=O)N[C@H]2CCCC[C@@H]2O)c(F)c1C. The fraction of sp³-hybridized carbons (Fsp3) is 0.360. The minimum Gasteiger partial charge on any atom is -0.391 e. The molecular weight excluding hydrogens is 393 g/mol. The van der Waals surface area contributed by atoms with Crippen molar-refractivity contribution >= 4 is 5.91 Å². The van der Waals surface area contributed by atoms with Crippen LogP contribution in [0.25, 0.3) is 5.69 Å². The summed E-state index contributed by atoms with van der Waals surface area (Å²) in [4.78, 5) is 12.9. The highest BCUT2D eigenvalue weighted by molar-refractivity contribution is 5.95. The number of nitrogens with one attached hydrogen (secondary N) is 1. The van der Waals surface area contributed by atoms with Crippen molar-refractivity contribution in [1.29, 1.82) is 0 Å². The van der Waals surface area contributed by atoms with E-state index in [0.717, 1.165) is 41.6 Å². The third-order valence-electron chi connectivity index (χ3n) is 6.32. The second-order valence-corrected chi connectivity index (χ2v) is 8.37. The maximum absolute atomic E-state index is 15.0. The number of rotatable bonds is 5. The van der Waals surface area contributed by atoms with Gasteiger partial charge in [-0.15, -0.1) is 0 Å². The molecule has 162 valence electrons. The number of halogens is 1. The zero-order chi connectivity index (χ0) is 22.0. The van der Waals surface area contributed by atoms with E-state index in [1.807, 2.05) is 43.5 Å². The Morgan fingerprint density at radius 1 is 1.19 bits per heavy atom. The maximum Gasteiger partial charge on any atom is 0.254 e. The van der Waals surface area contributed by atoms with Crippen molar-refractivity contribution in [3.63, 3.8) is 0 Å². The van der Waals surface area contributed by atoms with E-state index in [0.29, 0.717) is 18.4 Å². The Labute approximate surface area is 181 Å². The summed E-state index contributed by atoms with van der Waals surface area (Å²) in [6, 6.07) is 11.2. The van der Waals surface area contributed by atoms with E-state index in [4.69, 9.17) is 0 Å². The van der Waals surface area contributed by atoms with Crippen LogP contribution < -0.4 is 5.32 Å². The van der Waals surface area contributed by atoms with Gasteiger partial charge in [-0.2, -0.15) is 5.10 Å². The van der Waals surface area contributed by atoms with Crippen LogP contribution in [0.3, 0.4) is 0 Å². The van der Waals surface area contributed by atoms with Gasteiger partial charge in [0.1, 0.15) is 5.82 Å². The molecule has 4 rings (SSSR count). The molecule has 0 spiro atoms. The summed E-state index contributed by atoms with van der Waals surface area (Å²) in [5.74, 6) is -0.945. The monoisotopic (exact) mass is 421 g/mol. The molecule has 1 aromatic heterocycles. The van der Waals surface area contributed by atoms with Gasteiger partial charge in [0.05, 0.1) is 23.4 Å². The summed E-state index contributed by atoms with van der Waals surface area (Å²) in [5.41, 5.74) is 4.33. The fourth-order valence-electron chi connectivity index (χ4n) is 4.24. The second kappa shape index (κ2) is 9.02. The highest BCUT2D eigenvalue weighted by Crippen LogP contribution is 2.25. The third kappa shape index (κ3) is 4.54. The molecule has 1 saturated carbocycles. The van der Waals surface area contributed by atoms with Crippen LogP contribution in [0.4, 0.5) is 4.39 Å². The second-order valence-electron chi connectivity index (χ2n) is 8.37.